The van der Waals surface area contributed by atoms with Gasteiger partial charge in [-0.25, -0.2) is 21.7 Å². The Morgan fingerprint density at radius 2 is 1.24 bits per heavy atom. The van der Waals surface area contributed by atoms with E-state index in [-0.39, 0.29) is 55.8 Å². The Morgan fingerprint density at radius 3 is 1.63 bits per heavy atom. The van der Waals surface area contributed by atoms with Crippen LogP contribution in [0.2, 0.25) is 0 Å². The number of carbonyl (C=O) groups is 1. The Balaban J connectivity index is 1.62. The van der Waals surface area contributed by atoms with Crippen LogP contribution in [0.5, 0.6) is 0 Å². The van der Waals surface area contributed by atoms with Crippen molar-refractivity contribution in [2.45, 2.75) is 70.2 Å². The van der Waals surface area contributed by atoms with Gasteiger partial charge in [0.25, 0.3) is 0 Å². The number of anilines is 1. The summed E-state index contributed by atoms with van der Waals surface area (Å²) in [5.74, 6) is -0.0890. The number of nitrogens with one attached hydrogen (secondary N) is 1. The Morgan fingerprint density at radius 1 is 0.816 bits per heavy atom. The molecule has 3 N–H and O–H groups in total. The fourth-order valence-corrected chi connectivity index (χ4v) is 10.6. The van der Waals surface area contributed by atoms with Gasteiger partial charge in [-0.15, -0.1) is 4.91 Å². The first-order valence-corrected chi connectivity index (χ1v) is 19.6. The van der Waals surface area contributed by atoms with Gasteiger partial charge >= 0.3 is 5.97 Å². The maximum Gasteiger partial charge on any atom is 0.325 e. The molecule has 3 aromatic rings. The number of benzene rings is 3. The number of fused-ring (bicyclic) bond motifs is 2. The lowest BCUT2D eigenvalue weighted by molar-refractivity contribution is -0.156. The summed E-state index contributed by atoms with van der Waals surface area (Å²) in [6.45, 7) is 12.6. The molecule has 0 spiro atoms. The zero-order chi connectivity index (χ0) is 35.8. The largest absolute Gasteiger partial charge is 0.435 e. The average molecular weight is 718 g/mol. The first kappa shape index (κ1) is 37.1. The van der Waals surface area contributed by atoms with E-state index in [1.165, 1.54) is 32.9 Å². The number of ether oxygens (including phenoxy) is 1. The summed E-state index contributed by atoms with van der Waals surface area (Å²) in [6, 6.07) is 7.99. The van der Waals surface area contributed by atoms with Gasteiger partial charge in [-0.2, -0.15) is 8.61 Å². The number of hydrogen-bond donors (Lipinski definition) is 2. The third-order valence-electron chi connectivity index (χ3n) is 9.49. The van der Waals surface area contributed by atoms with E-state index in [2.05, 4.69) is 10.7 Å². The molecule has 2 heterocycles. The number of sulfonamides is 2. The summed E-state index contributed by atoms with van der Waals surface area (Å²) in [5, 5.41) is 4.47. The van der Waals surface area contributed by atoms with Crippen LogP contribution in [0.4, 0.5) is 11.4 Å². The minimum atomic E-state index is -3.95. The van der Waals surface area contributed by atoms with E-state index in [0.29, 0.717) is 42.6 Å². The Kier molecular flexibility index (Phi) is 11.0. The molecule has 2 aliphatic heterocycles. The zero-order valence-electron chi connectivity index (χ0n) is 28.9. The smallest absolute Gasteiger partial charge is 0.325 e. The van der Waals surface area contributed by atoms with Gasteiger partial charge in [0, 0.05) is 47.7 Å². The molecule has 1 unspecified atom stereocenters. The average Bonchev–Trinajstić information content (AvgIpc) is 3.04. The molecule has 2 aliphatic rings. The van der Waals surface area contributed by atoms with Crippen molar-refractivity contribution in [2.24, 2.45) is 40.5 Å². The van der Waals surface area contributed by atoms with E-state index in [1.807, 2.05) is 27.7 Å². The van der Waals surface area contributed by atoms with Crippen LogP contribution < -0.4 is 11.2 Å². The molecule has 268 valence electrons. The molecule has 0 saturated carbocycles. The van der Waals surface area contributed by atoms with Crippen molar-refractivity contribution < 1.29 is 31.2 Å². The quantitative estimate of drug-likeness (QED) is 0.0638. The van der Waals surface area contributed by atoms with E-state index >= 15 is 0 Å². The number of rotatable bonds is 11. The van der Waals surface area contributed by atoms with Crippen molar-refractivity contribution in [1.29, 1.82) is 0 Å². The normalized spacial score (nSPS) is 23.5. The molecule has 0 aliphatic carbocycles. The van der Waals surface area contributed by atoms with Gasteiger partial charge in [-0.3, -0.25) is 10.3 Å². The highest BCUT2D eigenvalue weighted by Crippen LogP contribution is 2.44. The highest BCUT2D eigenvalue weighted by molar-refractivity contribution is 7.89. The standard InChI is InChI=1S/C34H47N5O8S2/c1-20(2)31(35)34(40)46-19-47-37-33-27-9-7-25(48(42,43)38-15-21(3)11-22(4)16-38)13-29(27)32(36-41)30-14-26(8-10-28(30)33)49(44,45)39-17-23(5)12-24(6)18-39/h7-10,13-14,20-24,31,37H,11-12,15-19,35H2,1-6H3/t21-,22+,23-,24+,31?. The van der Waals surface area contributed by atoms with Crippen molar-refractivity contribution in [3.05, 3.63) is 41.3 Å². The fraction of sp³-hybridized carbons (Fsp3) is 0.559. The van der Waals surface area contributed by atoms with Gasteiger partial charge < -0.3 is 10.5 Å². The highest BCUT2D eigenvalue weighted by Gasteiger charge is 2.34. The second-order valence-corrected chi connectivity index (χ2v) is 18.2. The molecule has 13 nitrogen and oxygen atoms in total. The van der Waals surface area contributed by atoms with Crippen molar-refractivity contribution >= 4 is 58.9 Å². The van der Waals surface area contributed by atoms with E-state index in [4.69, 9.17) is 15.3 Å². The molecular formula is C34H47N5O8S2. The predicted molar refractivity (Wildman–Crippen MR) is 189 cm³/mol. The fourth-order valence-electron chi connectivity index (χ4n) is 7.15. The van der Waals surface area contributed by atoms with Crippen LogP contribution in [-0.4, -0.2) is 70.4 Å². The summed E-state index contributed by atoms with van der Waals surface area (Å²) < 4.78 is 63.7. The number of piperidine rings is 2. The number of esters is 1. The molecule has 3 aromatic carbocycles. The maximum atomic E-state index is 13.9. The number of hydrogen-bond acceptors (Lipinski definition) is 11. The van der Waals surface area contributed by atoms with Gasteiger partial charge in [0.15, 0.2) is 0 Å². The molecule has 15 heteroatoms. The Bertz CT molecular complexity index is 1820. The number of carbonyl (C=O) groups excluding carboxylic acids is 1. The molecule has 0 radical (unpaired) electrons. The van der Waals surface area contributed by atoms with E-state index < -0.39 is 38.9 Å². The first-order valence-electron chi connectivity index (χ1n) is 16.7. The lowest BCUT2D eigenvalue weighted by atomic mass is 9.94. The number of nitroso groups, excluding NO2 is 1. The molecule has 2 saturated heterocycles. The summed E-state index contributed by atoms with van der Waals surface area (Å²) in [5.41, 5.74) is 8.85. The lowest BCUT2D eigenvalue weighted by Gasteiger charge is -2.34. The summed E-state index contributed by atoms with van der Waals surface area (Å²) in [7, 11) is -7.89. The van der Waals surface area contributed by atoms with Crippen LogP contribution in [0.3, 0.4) is 0 Å². The lowest BCUT2D eigenvalue weighted by Crippen LogP contribution is -2.42. The predicted octanol–water partition coefficient (Wildman–Crippen LogP) is 5.55. The van der Waals surface area contributed by atoms with Crippen LogP contribution in [-0.2, 0) is 34.4 Å². The van der Waals surface area contributed by atoms with E-state index in [9.17, 15) is 26.5 Å². The molecule has 5 rings (SSSR count). The first-order chi connectivity index (χ1) is 23.0. The third kappa shape index (κ3) is 7.61. The monoisotopic (exact) mass is 717 g/mol. The Labute approximate surface area is 288 Å². The molecule has 0 amide bonds. The number of nitrogens with two attached hydrogens (primary N) is 1. The summed E-state index contributed by atoms with van der Waals surface area (Å²) in [6.07, 6.45) is 1.84. The Hall–Kier alpha value is -3.21. The molecule has 2 fully saturated rings. The minimum Gasteiger partial charge on any atom is -0.435 e. The molecule has 0 bridgehead atoms. The van der Waals surface area contributed by atoms with Gasteiger partial charge in [-0.1, -0.05) is 53.7 Å². The van der Waals surface area contributed by atoms with Crippen molar-refractivity contribution in [3.63, 3.8) is 0 Å². The van der Waals surface area contributed by atoms with Crippen molar-refractivity contribution in [3.8, 4) is 0 Å². The van der Waals surface area contributed by atoms with Gasteiger partial charge in [0.2, 0.25) is 26.8 Å². The highest BCUT2D eigenvalue weighted by atomic mass is 32.2. The van der Waals surface area contributed by atoms with Gasteiger partial charge in [-0.05, 0) is 71.9 Å². The summed E-state index contributed by atoms with van der Waals surface area (Å²) in [4.78, 5) is 30.4. The minimum absolute atomic E-state index is 0.0194. The van der Waals surface area contributed by atoms with E-state index in [1.54, 1.807) is 26.0 Å². The number of nitrogens with zero attached hydrogens (tertiary/aromatic N) is 3. The van der Waals surface area contributed by atoms with Crippen LogP contribution in [0.15, 0.2) is 51.4 Å². The second-order valence-electron chi connectivity index (χ2n) is 14.4. The van der Waals surface area contributed by atoms with Crippen molar-refractivity contribution in [1.82, 2.24) is 8.61 Å². The van der Waals surface area contributed by atoms with Crippen LogP contribution in [0.25, 0.3) is 21.5 Å². The molecule has 0 aromatic heterocycles. The second kappa shape index (κ2) is 14.6. The molecular weight excluding hydrogens is 671 g/mol. The SMILES string of the molecule is CC(C)C(N)C(=O)OCONc1c2ccc(S(=O)(=O)N3C[C@H](C)C[C@H](C)C3)cc2c(N=O)c2cc(S(=O)(=O)N3C[C@H](C)C[C@H](C)C3)ccc12. The molecule has 5 atom stereocenters. The maximum absolute atomic E-state index is 13.9. The van der Waals surface area contributed by atoms with E-state index in [0.717, 1.165) is 12.8 Å². The van der Waals surface area contributed by atoms with Crippen LogP contribution >= 0.6 is 0 Å². The van der Waals surface area contributed by atoms with Gasteiger partial charge in [0.05, 0.1) is 15.5 Å². The van der Waals surface area contributed by atoms with Crippen LogP contribution in [0, 0.1) is 34.5 Å². The zero-order valence-corrected chi connectivity index (χ0v) is 30.5. The summed E-state index contributed by atoms with van der Waals surface area (Å²) >= 11 is 0. The third-order valence-corrected chi connectivity index (χ3v) is 13.1. The molecule has 49 heavy (non-hydrogen) atoms. The topological polar surface area (TPSA) is 178 Å². The van der Waals surface area contributed by atoms with Crippen molar-refractivity contribution in [2.75, 3.05) is 38.5 Å². The van der Waals surface area contributed by atoms with Gasteiger partial charge in [0.1, 0.15) is 11.7 Å². The van der Waals surface area contributed by atoms with Crippen LogP contribution in [0.1, 0.15) is 54.4 Å².